The maximum absolute atomic E-state index is 11.9. The Hall–Kier alpha value is -0.720. The van der Waals surface area contributed by atoms with Crippen LogP contribution >= 0.6 is 15.9 Å². The highest BCUT2D eigenvalue weighted by Crippen LogP contribution is 2.15. The first-order valence-corrected chi connectivity index (χ1v) is 5.94. The minimum absolute atomic E-state index is 0.138. The summed E-state index contributed by atoms with van der Waals surface area (Å²) in [5.41, 5.74) is 0. The van der Waals surface area contributed by atoms with Crippen molar-refractivity contribution in [2.45, 2.75) is 12.5 Å². The molecule has 6 heteroatoms. The largest absolute Gasteiger partial charge is 0.492 e. The van der Waals surface area contributed by atoms with Gasteiger partial charge < -0.3 is 15.2 Å². The lowest BCUT2D eigenvalue weighted by Crippen LogP contribution is -2.34. The Morgan fingerprint density at radius 3 is 2.53 bits per heavy atom. The molecule has 0 saturated heterocycles. The van der Waals surface area contributed by atoms with E-state index in [2.05, 4.69) is 21.2 Å². The number of aliphatic hydroxyl groups excluding tert-OH is 1. The number of nitrogens with one attached hydrogen (secondary N) is 1. The Kier molecular flexibility index (Phi) is 6.39. The van der Waals surface area contributed by atoms with E-state index >= 15 is 0 Å². The predicted octanol–water partition coefficient (Wildman–Crippen LogP) is 2.04. The summed E-state index contributed by atoms with van der Waals surface area (Å²) in [4.78, 5) is 0. The first-order valence-electron chi connectivity index (χ1n) is 5.15. The molecule has 0 aliphatic carbocycles. The van der Waals surface area contributed by atoms with E-state index in [0.717, 1.165) is 4.47 Å². The summed E-state index contributed by atoms with van der Waals surface area (Å²) in [6.45, 7) is 0.624. The third-order valence-corrected chi connectivity index (χ3v) is 2.53. The van der Waals surface area contributed by atoms with Crippen LogP contribution in [0.1, 0.15) is 0 Å². The van der Waals surface area contributed by atoms with Gasteiger partial charge in [-0.05, 0) is 24.3 Å². The maximum atomic E-state index is 11.9. The molecule has 0 aromatic heterocycles. The minimum atomic E-state index is -2.71. The molecule has 0 radical (unpaired) electrons. The van der Waals surface area contributed by atoms with Crippen molar-refractivity contribution in [2.75, 3.05) is 19.7 Å². The first-order chi connectivity index (χ1) is 8.09. The number of hydrogen-bond acceptors (Lipinski definition) is 3. The lowest BCUT2D eigenvalue weighted by molar-refractivity contribution is -0.00346. The van der Waals surface area contributed by atoms with Crippen molar-refractivity contribution in [3.05, 3.63) is 28.7 Å². The molecule has 0 heterocycles. The summed E-state index contributed by atoms with van der Waals surface area (Å²) >= 11 is 3.30. The molecule has 96 valence electrons. The third-order valence-electron chi connectivity index (χ3n) is 2.01. The molecule has 2 N–H and O–H groups in total. The van der Waals surface area contributed by atoms with Crippen LogP contribution in [0.15, 0.2) is 28.7 Å². The molecule has 0 aliphatic rings. The van der Waals surface area contributed by atoms with Crippen LogP contribution in [-0.2, 0) is 0 Å². The number of alkyl halides is 2. The molecule has 0 bridgehead atoms. The Labute approximate surface area is 107 Å². The number of halogens is 3. The molecule has 0 aliphatic heterocycles. The van der Waals surface area contributed by atoms with Crippen molar-refractivity contribution in [2.24, 2.45) is 0 Å². The molecular formula is C11H14BrF2NO2. The summed E-state index contributed by atoms with van der Waals surface area (Å²) in [5, 5.41) is 11.5. The highest BCUT2D eigenvalue weighted by molar-refractivity contribution is 9.10. The predicted molar refractivity (Wildman–Crippen MR) is 64.5 cm³/mol. The fraction of sp³-hybridized carbons (Fsp3) is 0.455. The number of hydrogen-bond donors (Lipinski definition) is 2. The van der Waals surface area contributed by atoms with Crippen molar-refractivity contribution in [1.29, 1.82) is 0 Å². The van der Waals surface area contributed by atoms with Gasteiger partial charge in [0, 0.05) is 17.6 Å². The van der Waals surface area contributed by atoms with Gasteiger partial charge in [-0.2, -0.15) is 0 Å². The molecule has 17 heavy (non-hydrogen) atoms. The van der Waals surface area contributed by atoms with Crippen LogP contribution in [0.4, 0.5) is 8.78 Å². The Morgan fingerprint density at radius 2 is 1.94 bits per heavy atom. The number of rotatable bonds is 7. The molecule has 0 fully saturated rings. The summed E-state index contributed by atoms with van der Waals surface area (Å²) in [7, 11) is 0. The lowest BCUT2D eigenvalue weighted by atomic mass is 10.3. The van der Waals surface area contributed by atoms with Gasteiger partial charge in [0.15, 0.2) is 0 Å². The van der Waals surface area contributed by atoms with E-state index in [1.807, 2.05) is 12.1 Å². The van der Waals surface area contributed by atoms with Gasteiger partial charge in [-0.3, -0.25) is 0 Å². The normalized spacial score (nSPS) is 12.8. The molecule has 3 nitrogen and oxygen atoms in total. The Balaban J connectivity index is 2.10. The van der Waals surface area contributed by atoms with Gasteiger partial charge in [-0.1, -0.05) is 15.9 Å². The van der Waals surface area contributed by atoms with Gasteiger partial charge in [0.1, 0.15) is 18.5 Å². The average molecular weight is 310 g/mol. The zero-order valence-corrected chi connectivity index (χ0v) is 10.7. The first kappa shape index (κ1) is 14.3. The van der Waals surface area contributed by atoms with Crippen molar-refractivity contribution < 1.29 is 18.6 Å². The topological polar surface area (TPSA) is 41.5 Å². The van der Waals surface area contributed by atoms with Crippen LogP contribution in [0.25, 0.3) is 0 Å². The zero-order chi connectivity index (χ0) is 12.7. The quantitative estimate of drug-likeness (QED) is 0.757. The summed E-state index contributed by atoms with van der Waals surface area (Å²) < 4.78 is 30.1. The van der Waals surface area contributed by atoms with Crippen molar-refractivity contribution in [3.8, 4) is 5.75 Å². The second-order valence-corrected chi connectivity index (χ2v) is 4.32. The molecule has 1 rings (SSSR count). The second-order valence-electron chi connectivity index (χ2n) is 3.41. The van der Waals surface area contributed by atoms with E-state index in [1.54, 1.807) is 12.1 Å². The maximum Gasteiger partial charge on any atom is 0.265 e. The summed E-state index contributed by atoms with van der Waals surface area (Å²) in [6, 6.07) is 7.31. The summed E-state index contributed by atoms with van der Waals surface area (Å²) in [6.07, 6.45) is -4.34. The smallest absolute Gasteiger partial charge is 0.265 e. The van der Waals surface area contributed by atoms with Gasteiger partial charge in [0.25, 0.3) is 6.43 Å². The fourth-order valence-corrected chi connectivity index (χ4v) is 1.38. The monoisotopic (exact) mass is 309 g/mol. The van der Waals surface area contributed by atoms with Crippen LogP contribution in [0.3, 0.4) is 0 Å². The number of ether oxygens (including phenoxy) is 1. The Bertz CT molecular complexity index is 322. The van der Waals surface area contributed by atoms with Crippen LogP contribution in [0, 0.1) is 0 Å². The van der Waals surface area contributed by atoms with Gasteiger partial charge in [-0.25, -0.2) is 8.78 Å². The molecule has 1 unspecified atom stereocenters. The number of benzene rings is 1. The average Bonchev–Trinajstić information content (AvgIpc) is 2.30. The molecule has 1 atom stereocenters. The van der Waals surface area contributed by atoms with Gasteiger partial charge >= 0.3 is 0 Å². The Morgan fingerprint density at radius 1 is 1.29 bits per heavy atom. The van der Waals surface area contributed by atoms with E-state index < -0.39 is 12.5 Å². The second kappa shape index (κ2) is 7.58. The lowest BCUT2D eigenvalue weighted by Gasteiger charge is -2.11. The van der Waals surface area contributed by atoms with Crippen molar-refractivity contribution in [1.82, 2.24) is 5.32 Å². The molecule has 1 aromatic rings. The van der Waals surface area contributed by atoms with E-state index in [1.165, 1.54) is 0 Å². The summed E-state index contributed by atoms with van der Waals surface area (Å²) in [5.74, 6) is 0.712. The molecule has 0 spiro atoms. The van der Waals surface area contributed by atoms with Crippen molar-refractivity contribution in [3.63, 3.8) is 0 Å². The van der Waals surface area contributed by atoms with E-state index in [9.17, 15) is 8.78 Å². The SMILES string of the molecule is OC(CNCCOc1ccc(Br)cc1)C(F)F. The van der Waals surface area contributed by atoms with Crippen LogP contribution in [0.5, 0.6) is 5.75 Å². The van der Waals surface area contributed by atoms with Crippen LogP contribution < -0.4 is 10.1 Å². The molecular weight excluding hydrogens is 296 g/mol. The molecule has 0 amide bonds. The number of aliphatic hydroxyl groups is 1. The zero-order valence-electron chi connectivity index (χ0n) is 9.07. The van der Waals surface area contributed by atoms with E-state index in [4.69, 9.17) is 9.84 Å². The van der Waals surface area contributed by atoms with E-state index in [-0.39, 0.29) is 6.54 Å². The highest BCUT2D eigenvalue weighted by atomic mass is 79.9. The third kappa shape index (κ3) is 5.95. The standard InChI is InChI=1S/C11H14BrF2NO2/c12-8-1-3-9(4-2-8)17-6-5-15-7-10(16)11(13)14/h1-4,10-11,15-16H,5-7H2. The van der Waals surface area contributed by atoms with Gasteiger partial charge in [-0.15, -0.1) is 0 Å². The minimum Gasteiger partial charge on any atom is -0.492 e. The fourth-order valence-electron chi connectivity index (χ4n) is 1.11. The highest BCUT2D eigenvalue weighted by Gasteiger charge is 2.15. The molecule has 1 aromatic carbocycles. The van der Waals surface area contributed by atoms with Crippen LogP contribution in [-0.4, -0.2) is 37.3 Å². The van der Waals surface area contributed by atoms with Gasteiger partial charge in [0.05, 0.1) is 0 Å². The van der Waals surface area contributed by atoms with Crippen molar-refractivity contribution >= 4 is 15.9 Å². The van der Waals surface area contributed by atoms with Crippen LogP contribution in [0.2, 0.25) is 0 Å². The van der Waals surface area contributed by atoms with E-state index in [0.29, 0.717) is 18.9 Å². The molecule has 0 saturated carbocycles. The van der Waals surface area contributed by atoms with Gasteiger partial charge in [0.2, 0.25) is 0 Å².